The third-order valence-electron chi connectivity index (χ3n) is 4.48. The highest BCUT2D eigenvalue weighted by Gasteiger charge is 2.16. The molecule has 3 heterocycles. The third-order valence-corrected chi connectivity index (χ3v) is 5.45. The Hall–Kier alpha value is -3.20. The Morgan fingerprint density at radius 3 is 2.72 bits per heavy atom. The van der Waals surface area contributed by atoms with Crippen molar-refractivity contribution in [1.82, 2.24) is 14.6 Å². The number of nitrogens with one attached hydrogen (secondary N) is 1. The summed E-state index contributed by atoms with van der Waals surface area (Å²) in [5.74, 6) is 2.03. The number of rotatable bonds is 7. The van der Waals surface area contributed by atoms with Crippen LogP contribution < -0.4 is 14.8 Å². The standard InChI is InChI=1S/C20H20N4O4S/c1-4-18-22-23-20(14-10-16-13(24(14)18)7-8-28-16)29-11-19(25)21-12-5-6-15(26-2)17(9-12)27-3/h5-10H,4,11H2,1-3H3,(H,21,25). The van der Waals surface area contributed by atoms with Crippen LogP contribution >= 0.6 is 11.8 Å². The number of hydrogen-bond acceptors (Lipinski definition) is 7. The average Bonchev–Trinajstić information content (AvgIpc) is 3.33. The third kappa shape index (κ3) is 3.61. The van der Waals surface area contributed by atoms with E-state index in [1.165, 1.54) is 11.8 Å². The molecular formula is C20H20N4O4S. The summed E-state index contributed by atoms with van der Waals surface area (Å²) in [6, 6.07) is 9.06. The van der Waals surface area contributed by atoms with Gasteiger partial charge in [-0.25, -0.2) is 0 Å². The zero-order valence-electron chi connectivity index (χ0n) is 16.3. The number of thioether (sulfide) groups is 1. The van der Waals surface area contributed by atoms with Gasteiger partial charge in [0.1, 0.15) is 10.9 Å². The Morgan fingerprint density at radius 2 is 1.97 bits per heavy atom. The van der Waals surface area contributed by atoms with Gasteiger partial charge in [-0.2, -0.15) is 0 Å². The van der Waals surface area contributed by atoms with Crippen molar-refractivity contribution in [3.05, 3.63) is 42.4 Å². The van der Waals surface area contributed by atoms with Gasteiger partial charge >= 0.3 is 0 Å². The Kier molecular flexibility index (Phi) is 5.30. The topological polar surface area (TPSA) is 90.9 Å². The zero-order chi connectivity index (χ0) is 20.4. The first-order valence-corrected chi connectivity index (χ1v) is 10.0. The van der Waals surface area contributed by atoms with Crippen LogP contribution in [0.25, 0.3) is 16.6 Å². The minimum atomic E-state index is -0.156. The fraction of sp³-hybridized carbons (Fsp3) is 0.250. The number of hydrogen-bond donors (Lipinski definition) is 1. The maximum atomic E-state index is 12.4. The van der Waals surface area contributed by atoms with Gasteiger partial charge in [0.2, 0.25) is 5.91 Å². The van der Waals surface area contributed by atoms with Crippen LogP contribution in [0.1, 0.15) is 12.7 Å². The lowest BCUT2D eigenvalue weighted by Gasteiger charge is -2.11. The van der Waals surface area contributed by atoms with Crippen molar-refractivity contribution in [2.75, 3.05) is 25.3 Å². The van der Waals surface area contributed by atoms with Crippen LogP contribution in [-0.2, 0) is 11.2 Å². The van der Waals surface area contributed by atoms with Crippen LogP contribution in [0.4, 0.5) is 5.69 Å². The van der Waals surface area contributed by atoms with Crippen LogP contribution in [-0.4, -0.2) is 40.5 Å². The largest absolute Gasteiger partial charge is 0.493 e. The summed E-state index contributed by atoms with van der Waals surface area (Å²) in [6.07, 6.45) is 2.39. The fourth-order valence-corrected chi connectivity index (χ4v) is 3.87. The number of benzene rings is 1. The van der Waals surface area contributed by atoms with E-state index < -0.39 is 0 Å². The fourth-order valence-electron chi connectivity index (χ4n) is 3.14. The van der Waals surface area contributed by atoms with Crippen molar-refractivity contribution in [1.29, 1.82) is 0 Å². The normalized spacial score (nSPS) is 11.1. The van der Waals surface area contributed by atoms with Gasteiger partial charge in [0.25, 0.3) is 0 Å². The summed E-state index contributed by atoms with van der Waals surface area (Å²) in [4.78, 5) is 12.4. The van der Waals surface area contributed by atoms with E-state index in [1.54, 1.807) is 38.7 Å². The molecular weight excluding hydrogens is 392 g/mol. The Bertz CT molecular complexity index is 1180. The van der Waals surface area contributed by atoms with Crippen LogP contribution in [0.3, 0.4) is 0 Å². The van der Waals surface area contributed by atoms with Gasteiger partial charge in [0, 0.05) is 30.3 Å². The van der Waals surface area contributed by atoms with Crippen molar-refractivity contribution in [2.24, 2.45) is 0 Å². The Balaban J connectivity index is 1.52. The molecule has 150 valence electrons. The van der Waals surface area contributed by atoms with Gasteiger partial charge in [-0.05, 0) is 12.1 Å². The molecule has 0 radical (unpaired) electrons. The smallest absolute Gasteiger partial charge is 0.234 e. The summed E-state index contributed by atoms with van der Waals surface area (Å²) in [6.45, 7) is 2.03. The average molecular weight is 412 g/mol. The molecule has 1 aromatic carbocycles. The minimum Gasteiger partial charge on any atom is -0.493 e. The highest BCUT2D eigenvalue weighted by atomic mass is 32.2. The first-order valence-electron chi connectivity index (χ1n) is 9.03. The predicted octanol–water partition coefficient (Wildman–Crippen LogP) is 3.79. The van der Waals surface area contributed by atoms with Crippen molar-refractivity contribution < 1.29 is 18.7 Å². The molecule has 29 heavy (non-hydrogen) atoms. The molecule has 0 saturated carbocycles. The minimum absolute atomic E-state index is 0.156. The number of aryl methyl sites for hydroxylation is 1. The number of fused-ring (bicyclic) bond motifs is 3. The van der Waals surface area contributed by atoms with E-state index in [1.807, 2.05) is 23.5 Å². The molecule has 3 aromatic heterocycles. The van der Waals surface area contributed by atoms with E-state index in [0.29, 0.717) is 22.2 Å². The van der Waals surface area contributed by atoms with Crippen LogP contribution in [0.2, 0.25) is 0 Å². The molecule has 0 fully saturated rings. The van der Waals surface area contributed by atoms with E-state index in [4.69, 9.17) is 13.9 Å². The van der Waals surface area contributed by atoms with Crippen LogP contribution in [0.5, 0.6) is 11.5 Å². The lowest BCUT2D eigenvalue weighted by molar-refractivity contribution is -0.113. The molecule has 0 atom stereocenters. The van der Waals surface area contributed by atoms with Crippen molar-refractivity contribution >= 4 is 40.0 Å². The second kappa shape index (κ2) is 8.04. The van der Waals surface area contributed by atoms with Crippen molar-refractivity contribution in [2.45, 2.75) is 18.4 Å². The van der Waals surface area contributed by atoms with Gasteiger partial charge < -0.3 is 19.2 Å². The quantitative estimate of drug-likeness (QED) is 0.462. The summed E-state index contributed by atoms with van der Waals surface area (Å²) in [7, 11) is 3.12. The lowest BCUT2D eigenvalue weighted by Crippen LogP contribution is -2.14. The lowest BCUT2D eigenvalue weighted by atomic mass is 10.2. The van der Waals surface area contributed by atoms with Gasteiger partial charge in [-0.3, -0.25) is 9.20 Å². The summed E-state index contributed by atoms with van der Waals surface area (Å²) >= 11 is 1.33. The highest BCUT2D eigenvalue weighted by Crippen LogP contribution is 2.31. The number of amides is 1. The van der Waals surface area contributed by atoms with E-state index in [0.717, 1.165) is 28.9 Å². The molecule has 1 amide bonds. The molecule has 0 aliphatic rings. The van der Waals surface area contributed by atoms with Gasteiger partial charge in [0.15, 0.2) is 17.1 Å². The van der Waals surface area contributed by atoms with E-state index in [2.05, 4.69) is 15.5 Å². The number of carbonyl (C=O) groups excluding carboxylic acids is 1. The highest BCUT2D eigenvalue weighted by molar-refractivity contribution is 8.00. The SMILES string of the molecule is CCc1nnc(SCC(=O)Nc2ccc(OC)c(OC)c2)c2cc3occc3n12. The van der Waals surface area contributed by atoms with E-state index in [-0.39, 0.29) is 11.7 Å². The number of anilines is 1. The van der Waals surface area contributed by atoms with Crippen LogP contribution in [0.15, 0.2) is 46.0 Å². The number of furan rings is 1. The summed E-state index contributed by atoms with van der Waals surface area (Å²) in [5.41, 5.74) is 3.23. The molecule has 4 rings (SSSR count). The first kappa shape index (κ1) is 19.1. The van der Waals surface area contributed by atoms with Crippen LogP contribution in [0, 0.1) is 0 Å². The maximum Gasteiger partial charge on any atom is 0.234 e. The van der Waals surface area contributed by atoms with Gasteiger partial charge in [-0.15, -0.1) is 10.2 Å². The van der Waals surface area contributed by atoms with E-state index >= 15 is 0 Å². The molecule has 8 nitrogen and oxygen atoms in total. The predicted molar refractivity (Wildman–Crippen MR) is 111 cm³/mol. The van der Waals surface area contributed by atoms with Crippen molar-refractivity contribution in [3.63, 3.8) is 0 Å². The number of methoxy groups -OCH3 is 2. The summed E-state index contributed by atoms with van der Waals surface area (Å²) < 4.78 is 18.0. The van der Waals surface area contributed by atoms with Crippen molar-refractivity contribution in [3.8, 4) is 11.5 Å². The Labute approximate surface area is 171 Å². The molecule has 0 spiro atoms. The molecule has 0 aliphatic carbocycles. The molecule has 0 bridgehead atoms. The molecule has 9 heteroatoms. The Morgan fingerprint density at radius 1 is 1.14 bits per heavy atom. The molecule has 0 saturated heterocycles. The molecule has 1 N–H and O–H groups in total. The molecule has 0 unspecified atom stereocenters. The molecule has 4 aromatic rings. The first-order chi connectivity index (χ1) is 14.1. The monoisotopic (exact) mass is 412 g/mol. The number of nitrogens with zero attached hydrogens (tertiary/aromatic N) is 3. The number of carbonyl (C=O) groups is 1. The van der Waals surface area contributed by atoms with E-state index in [9.17, 15) is 4.79 Å². The van der Waals surface area contributed by atoms with Gasteiger partial charge in [0.05, 0.1) is 37.3 Å². The number of ether oxygens (including phenoxy) is 2. The number of aromatic nitrogens is 3. The second-order valence-corrected chi connectivity index (χ2v) is 7.18. The zero-order valence-corrected chi connectivity index (χ0v) is 17.1. The van der Waals surface area contributed by atoms with Gasteiger partial charge in [-0.1, -0.05) is 18.7 Å². The molecule has 0 aliphatic heterocycles. The maximum absolute atomic E-state index is 12.4. The summed E-state index contributed by atoms with van der Waals surface area (Å²) in [5, 5.41) is 12.2. The second-order valence-electron chi connectivity index (χ2n) is 6.22.